The highest BCUT2D eigenvalue weighted by molar-refractivity contribution is 6.74. The van der Waals surface area contributed by atoms with Crippen LogP contribution in [0.2, 0.25) is 18.1 Å². The van der Waals surface area contributed by atoms with E-state index in [4.69, 9.17) is 18.6 Å². The Morgan fingerprint density at radius 1 is 1.12 bits per heavy atom. The van der Waals surface area contributed by atoms with Gasteiger partial charge in [0.15, 0.2) is 8.32 Å². The predicted molar refractivity (Wildman–Crippen MR) is 139 cm³/mol. The van der Waals surface area contributed by atoms with Crippen LogP contribution < -0.4 is 0 Å². The van der Waals surface area contributed by atoms with Gasteiger partial charge < -0.3 is 23.7 Å². The van der Waals surface area contributed by atoms with Crippen LogP contribution in [0.3, 0.4) is 0 Å². The van der Waals surface area contributed by atoms with Crippen LogP contribution in [0.15, 0.2) is 30.3 Å². The summed E-state index contributed by atoms with van der Waals surface area (Å²) in [5.74, 6) is 0.334. The fraction of sp³-hybridized carbons (Fsp3) is 0.786. The zero-order chi connectivity index (χ0) is 25.4. The van der Waals surface area contributed by atoms with E-state index < -0.39 is 19.5 Å². The van der Waals surface area contributed by atoms with Crippen molar-refractivity contribution in [3.63, 3.8) is 0 Å². The summed E-state index contributed by atoms with van der Waals surface area (Å²) in [5, 5.41) is 9.82. The molecular weight excluding hydrogens is 444 g/mol. The lowest BCUT2D eigenvalue weighted by Crippen LogP contribution is -2.54. The van der Waals surface area contributed by atoms with Crippen molar-refractivity contribution in [1.29, 1.82) is 0 Å². The second-order valence-corrected chi connectivity index (χ2v) is 17.5. The molecule has 2 heterocycles. The van der Waals surface area contributed by atoms with E-state index in [1.54, 1.807) is 0 Å². The van der Waals surface area contributed by atoms with Crippen LogP contribution in [0.4, 0.5) is 0 Å². The Bertz CT molecular complexity index is 807. The summed E-state index contributed by atoms with van der Waals surface area (Å²) in [6, 6.07) is 10.3. The molecule has 194 valence electrons. The summed E-state index contributed by atoms with van der Waals surface area (Å²) in [6.45, 7) is 21.2. The predicted octanol–water partition coefficient (Wildman–Crippen LogP) is 6.10. The summed E-state index contributed by atoms with van der Waals surface area (Å²) >= 11 is 0. The lowest BCUT2D eigenvalue weighted by molar-refractivity contribution is -0.175. The minimum absolute atomic E-state index is 0.0383. The van der Waals surface area contributed by atoms with E-state index >= 15 is 0 Å². The molecule has 2 fully saturated rings. The summed E-state index contributed by atoms with van der Waals surface area (Å²) < 4.78 is 26.2. The van der Waals surface area contributed by atoms with E-state index in [1.165, 1.54) is 0 Å². The van der Waals surface area contributed by atoms with Gasteiger partial charge in [0.1, 0.15) is 5.60 Å². The minimum Gasteiger partial charge on any atom is -0.409 e. The molecule has 0 radical (unpaired) electrons. The van der Waals surface area contributed by atoms with Crippen molar-refractivity contribution in [2.45, 2.75) is 121 Å². The Morgan fingerprint density at radius 3 is 2.29 bits per heavy atom. The fourth-order valence-corrected chi connectivity index (χ4v) is 6.15. The van der Waals surface area contributed by atoms with E-state index in [1.807, 2.05) is 25.1 Å². The van der Waals surface area contributed by atoms with Crippen LogP contribution in [0.5, 0.6) is 0 Å². The second-order valence-electron chi connectivity index (χ2n) is 12.8. The normalized spacial score (nSPS) is 32.9. The molecule has 1 aromatic rings. The molecule has 0 unspecified atom stereocenters. The number of aliphatic hydroxyl groups is 1. The van der Waals surface area contributed by atoms with Crippen molar-refractivity contribution in [3.8, 4) is 0 Å². The first-order valence-corrected chi connectivity index (χ1v) is 15.9. The number of rotatable bonds is 11. The highest BCUT2D eigenvalue weighted by Gasteiger charge is 2.60. The van der Waals surface area contributed by atoms with Gasteiger partial charge in [-0.2, -0.15) is 0 Å². The van der Waals surface area contributed by atoms with Gasteiger partial charge in [-0.25, -0.2) is 0 Å². The number of hydrogen-bond donors (Lipinski definition) is 1. The van der Waals surface area contributed by atoms with Crippen molar-refractivity contribution >= 4 is 8.32 Å². The molecule has 0 saturated carbocycles. The molecule has 1 aromatic carbocycles. The lowest BCUT2D eigenvalue weighted by atomic mass is 9.81. The quantitative estimate of drug-likeness (QED) is 0.299. The average molecular weight is 493 g/mol. The highest BCUT2D eigenvalue weighted by atomic mass is 28.4. The molecule has 2 aliphatic heterocycles. The van der Waals surface area contributed by atoms with Crippen LogP contribution in [0, 0.1) is 5.92 Å². The molecule has 5 atom stereocenters. The highest BCUT2D eigenvalue weighted by Crippen LogP contribution is 2.52. The Hall–Kier alpha value is -0.763. The Morgan fingerprint density at radius 2 is 1.76 bits per heavy atom. The van der Waals surface area contributed by atoms with Crippen LogP contribution in [-0.2, 0) is 25.2 Å². The molecule has 2 aliphatic rings. The molecule has 0 amide bonds. The van der Waals surface area contributed by atoms with Crippen molar-refractivity contribution in [1.82, 2.24) is 0 Å². The van der Waals surface area contributed by atoms with Crippen molar-refractivity contribution < 1.29 is 23.7 Å². The third-order valence-electron chi connectivity index (χ3n) is 8.72. The number of aliphatic hydroxyl groups excluding tert-OH is 1. The smallest absolute Gasteiger partial charge is 0.192 e. The van der Waals surface area contributed by atoms with Gasteiger partial charge in [0.2, 0.25) is 0 Å². The molecule has 5 nitrogen and oxygen atoms in total. The maximum Gasteiger partial charge on any atom is 0.192 e. The third-order valence-corrected chi connectivity index (χ3v) is 13.2. The fourth-order valence-electron chi connectivity index (χ4n) is 4.77. The molecule has 1 N–H and O–H groups in total. The second kappa shape index (κ2) is 9.95. The molecule has 0 aromatic heterocycles. The van der Waals surface area contributed by atoms with E-state index in [0.717, 1.165) is 24.8 Å². The molecule has 2 saturated heterocycles. The van der Waals surface area contributed by atoms with Gasteiger partial charge >= 0.3 is 0 Å². The van der Waals surface area contributed by atoms with Crippen LogP contribution in [0.25, 0.3) is 0 Å². The number of ether oxygens (including phenoxy) is 3. The Balaban J connectivity index is 1.79. The summed E-state index contributed by atoms with van der Waals surface area (Å²) in [7, 11) is -2.05. The largest absolute Gasteiger partial charge is 0.409 e. The van der Waals surface area contributed by atoms with Gasteiger partial charge in [-0.15, -0.1) is 0 Å². The molecule has 0 aliphatic carbocycles. The maximum absolute atomic E-state index is 9.72. The zero-order valence-electron chi connectivity index (χ0n) is 22.9. The van der Waals surface area contributed by atoms with Gasteiger partial charge in [-0.05, 0) is 56.3 Å². The van der Waals surface area contributed by atoms with Gasteiger partial charge in [0, 0.05) is 6.42 Å². The average Bonchev–Trinajstić information content (AvgIpc) is 3.25. The first kappa shape index (κ1) is 27.8. The van der Waals surface area contributed by atoms with Gasteiger partial charge in [-0.3, -0.25) is 0 Å². The molecular formula is C28H48O5Si. The Labute approximate surface area is 208 Å². The van der Waals surface area contributed by atoms with E-state index in [0.29, 0.717) is 19.1 Å². The zero-order valence-corrected chi connectivity index (χ0v) is 23.9. The molecule has 6 heteroatoms. The van der Waals surface area contributed by atoms with Crippen LogP contribution in [-0.4, -0.2) is 55.6 Å². The third kappa shape index (κ3) is 5.96. The van der Waals surface area contributed by atoms with Crippen molar-refractivity contribution in [2.24, 2.45) is 5.92 Å². The summed E-state index contributed by atoms with van der Waals surface area (Å²) in [6.07, 6.45) is 2.56. The van der Waals surface area contributed by atoms with Crippen LogP contribution in [0.1, 0.15) is 73.3 Å². The standard InChI is InChI=1S/C28H48O5Si/c1-21(2)28(17-23-27(7,20-29)31-23)16-15-26(6,33-28)24(32-34(8,9)25(3,4)5)19-30-18-22-13-11-10-12-14-22/h10-14,21,23-24,29H,15-20H2,1-9H3/t23-,24+,26-,27-,28+/m1/s1. The maximum atomic E-state index is 9.72. The Kier molecular flexibility index (Phi) is 8.14. The molecule has 3 rings (SSSR count). The van der Waals surface area contributed by atoms with Gasteiger partial charge in [0.25, 0.3) is 0 Å². The van der Waals surface area contributed by atoms with Crippen molar-refractivity contribution in [3.05, 3.63) is 35.9 Å². The summed E-state index contributed by atoms with van der Waals surface area (Å²) in [5.41, 5.74) is -0.00113. The number of epoxide rings is 1. The number of hydrogen-bond acceptors (Lipinski definition) is 5. The van der Waals surface area contributed by atoms with Gasteiger partial charge in [0.05, 0.1) is 43.2 Å². The van der Waals surface area contributed by atoms with E-state index in [9.17, 15) is 5.11 Å². The molecule has 34 heavy (non-hydrogen) atoms. The first-order chi connectivity index (χ1) is 15.7. The van der Waals surface area contributed by atoms with Crippen molar-refractivity contribution in [2.75, 3.05) is 13.2 Å². The molecule has 0 bridgehead atoms. The minimum atomic E-state index is -2.05. The van der Waals surface area contributed by atoms with E-state index in [2.05, 4.69) is 66.8 Å². The molecule has 0 spiro atoms. The number of benzene rings is 1. The topological polar surface area (TPSA) is 60.5 Å². The van der Waals surface area contributed by atoms with Crippen LogP contribution >= 0.6 is 0 Å². The lowest BCUT2D eigenvalue weighted by Gasteiger charge is -2.45. The summed E-state index contributed by atoms with van der Waals surface area (Å²) in [4.78, 5) is 0. The van der Waals surface area contributed by atoms with Gasteiger partial charge in [-0.1, -0.05) is 65.0 Å². The van der Waals surface area contributed by atoms with E-state index in [-0.39, 0.29) is 29.5 Å². The first-order valence-electron chi connectivity index (χ1n) is 12.9. The monoisotopic (exact) mass is 492 g/mol. The SMILES string of the molecule is CC(C)[C@@]1(C[C@H]2O[C@]2(C)CO)CC[C@](C)([C@H](COCc2ccccc2)O[Si](C)(C)C(C)(C)C)O1.